The number of ether oxygens (including phenoxy) is 2. The summed E-state index contributed by atoms with van der Waals surface area (Å²) in [6, 6.07) is 13.7. The van der Waals surface area contributed by atoms with Crippen molar-refractivity contribution in [2.75, 3.05) is 29.6 Å². The Morgan fingerprint density at radius 3 is 2.28 bits per heavy atom. The Morgan fingerprint density at radius 2 is 1.66 bits per heavy atom. The molecule has 0 unspecified atom stereocenters. The molecule has 0 aliphatic carbocycles. The molecule has 2 aliphatic rings. The number of imide groups is 1. The second-order valence-corrected chi connectivity index (χ2v) is 7.85. The van der Waals surface area contributed by atoms with Crippen molar-refractivity contribution in [2.24, 2.45) is 0 Å². The number of benzene rings is 2. The van der Waals surface area contributed by atoms with Crippen molar-refractivity contribution in [3.8, 4) is 0 Å². The van der Waals surface area contributed by atoms with Crippen molar-refractivity contribution >= 4 is 29.2 Å². The number of amides is 4. The zero-order valence-electron chi connectivity index (χ0n) is 18.5. The van der Waals surface area contributed by atoms with Crippen molar-refractivity contribution in [1.29, 1.82) is 0 Å². The number of aryl methyl sites for hydroxylation is 1. The summed E-state index contributed by atoms with van der Waals surface area (Å²) in [7, 11) is 0. The molecule has 0 aromatic heterocycles. The van der Waals surface area contributed by atoms with Gasteiger partial charge >= 0.3 is 6.03 Å². The van der Waals surface area contributed by atoms with Crippen LogP contribution < -0.4 is 15.1 Å². The molecule has 0 bridgehead atoms. The summed E-state index contributed by atoms with van der Waals surface area (Å²) in [6.07, 6.45) is -0.788. The van der Waals surface area contributed by atoms with Crippen LogP contribution >= 0.6 is 0 Å². The molecule has 2 aliphatic heterocycles. The van der Waals surface area contributed by atoms with E-state index in [1.54, 1.807) is 35.2 Å². The van der Waals surface area contributed by atoms with E-state index in [0.29, 0.717) is 30.2 Å². The topological polar surface area (TPSA) is 88.2 Å². The van der Waals surface area contributed by atoms with E-state index in [0.717, 1.165) is 10.5 Å². The van der Waals surface area contributed by atoms with E-state index in [9.17, 15) is 14.4 Å². The Morgan fingerprint density at radius 1 is 1.00 bits per heavy atom. The molecular formula is C24H27N3O5. The molecule has 0 saturated carbocycles. The largest absolute Gasteiger partial charge is 0.351 e. The summed E-state index contributed by atoms with van der Waals surface area (Å²) in [4.78, 5) is 42.6. The molecular weight excluding hydrogens is 410 g/mol. The van der Waals surface area contributed by atoms with E-state index in [4.69, 9.17) is 9.47 Å². The molecule has 0 radical (unpaired) electrons. The molecule has 32 heavy (non-hydrogen) atoms. The first-order valence-electron chi connectivity index (χ1n) is 10.8. The third-order valence-corrected chi connectivity index (χ3v) is 5.78. The Balaban J connectivity index is 1.67. The number of hydrogen-bond donors (Lipinski definition) is 1. The summed E-state index contributed by atoms with van der Waals surface area (Å²) in [5, 5.41) is 2.85. The van der Waals surface area contributed by atoms with Crippen LogP contribution in [0.1, 0.15) is 31.4 Å². The predicted molar refractivity (Wildman–Crippen MR) is 119 cm³/mol. The van der Waals surface area contributed by atoms with Crippen molar-refractivity contribution < 1.29 is 23.9 Å². The molecule has 1 N–H and O–H groups in total. The summed E-state index contributed by atoms with van der Waals surface area (Å²) >= 11 is 0. The minimum absolute atomic E-state index is 0.158. The molecule has 2 aromatic rings. The van der Waals surface area contributed by atoms with Gasteiger partial charge in [-0.1, -0.05) is 35.9 Å². The van der Waals surface area contributed by atoms with Gasteiger partial charge in [0.1, 0.15) is 0 Å². The maximum Gasteiger partial charge on any atom is 0.329 e. The van der Waals surface area contributed by atoms with Crippen LogP contribution in [0.2, 0.25) is 0 Å². The number of nitrogens with zero attached hydrogens (tertiary/aromatic N) is 2. The van der Waals surface area contributed by atoms with Crippen molar-refractivity contribution in [2.45, 2.75) is 39.0 Å². The zero-order chi connectivity index (χ0) is 22.9. The van der Waals surface area contributed by atoms with Gasteiger partial charge in [-0.05, 0) is 39.0 Å². The van der Waals surface area contributed by atoms with Crippen molar-refractivity contribution in [3.05, 3.63) is 59.7 Å². The van der Waals surface area contributed by atoms with E-state index >= 15 is 0 Å². The first kappa shape index (κ1) is 22.0. The Kier molecular flexibility index (Phi) is 5.99. The monoisotopic (exact) mass is 437 g/mol. The lowest BCUT2D eigenvalue weighted by molar-refractivity contribution is -0.138. The van der Waals surface area contributed by atoms with E-state index in [-0.39, 0.29) is 18.9 Å². The van der Waals surface area contributed by atoms with E-state index < -0.39 is 23.8 Å². The molecule has 2 heterocycles. The Labute approximate surface area is 187 Å². The maximum absolute atomic E-state index is 13.7. The third kappa shape index (κ3) is 3.65. The molecule has 1 spiro atoms. The second-order valence-electron chi connectivity index (χ2n) is 7.85. The maximum atomic E-state index is 13.7. The fraction of sp³-hybridized carbons (Fsp3) is 0.375. The molecule has 8 nitrogen and oxygen atoms in total. The van der Waals surface area contributed by atoms with Crippen LogP contribution in [0.15, 0.2) is 48.5 Å². The lowest BCUT2D eigenvalue weighted by Crippen LogP contribution is -2.64. The Hall–Kier alpha value is -3.23. The highest BCUT2D eigenvalue weighted by Gasteiger charge is 2.57. The first-order valence-corrected chi connectivity index (χ1v) is 10.8. The van der Waals surface area contributed by atoms with Crippen LogP contribution in [0.5, 0.6) is 0 Å². The molecule has 4 amide bonds. The van der Waals surface area contributed by atoms with E-state index in [1.807, 2.05) is 39.0 Å². The number of nitrogens with one attached hydrogen (secondary N) is 1. The molecule has 8 heteroatoms. The number of para-hydroxylation sites is 1. The van der Waals surface area contributed by atoms with Crippen LogP contribution in [0, 0.1) is 6.92 Å². The predicted octanol–water partition coefficient (Wildman–Crippen LogP) is 3.08. The number of fused-ring (bicyclic) bond motifs is 2. The van der Waals surface area contributed by atoms with Crippen molar-refractivity contribution in [3.63, 3.8) is 0 Å². The number of carbonyl (C=O) groups is 3. The molecule has 1 atom stereocenters. The second kappa shape index (κ2) is 8.72. The molecule has 1 saturated heterocycles. The van der Waals surface area contributed by atoms with E-state index in [1.165, 1.54) is 0 Å². The van der Waals surface area contributed by atoms with Gasteiger partial charge in [0, 0.05) is 18.8 Å². The highest BCUT2D eigenvalue weighted by atomic mass is 16.7. The average molecular weight is 437 g/mol. The molecule has 1 fully saturated rings. The summed E-state index contributed by atoms with van der Waals surface area (Å²) in [5.41, 5.74) is 1.27. The van der Waals surface area contributed by atoms with Crippen LogP contribution in [-0.4, -0.2) is 43.9 Å². The SMILES string of the molecule is CCOC(CN1C(=O)[C@@]2(CC(=O)N(c3ccc(C)cc3)C(=O)N2)c2ccccc21)OCC. The van der Waals surface area contributed by atoms with Crippen LogP contribution in [-0.2, 0) is 24.6 Å². The highest BCUT2D eigenvalue weighted by molar-refractivity contribution is 6.22. The van der Waals surface area contributed by atoms with Gasteiger partial charge in [-0.25, -0.2) is 9.69 Å². The fourth-order valence-electron chi connectivity index (χ4n) is 4.33. The minimum atomic E-state index is -1.45. The molecule has 2 aromatic carbocycles. The number of hydrogen-bond acceptors (Lipinski definition) is 5. The normalized spacial score (nSPS) is 20.3. The minimum Gasteiger partial charge on any atom is -0.351 e. The van der Waals surface area contributed by atoms with Crippen LogP contribution in [0.4, 0.5) is 16.2 Å². The van der Waals surface area contributed by atoms with Gasteiger partial charge in [-0.3, -0.25) is 9.59 Å². The third-order valence-electron chi connectivity index (χ3n) is 5.78. The Bertz CT molecular complexity index is 1010. The number of rotatable bonds is 7. The molecule has 4 rings (SSSR count). The summed E-state index contributed by atoms with van der Waals surface area (Å²) in [6.45, 7) is 6.66. The van der Waals surface area contributed by atoms with E-state index in [2.05, 4.69) is 5.32 Å². The van der Waals surface area contributed by atoms with Gasteiger partial charge in [-0.2, -0.15) is 0 Å². The van der Waals surface area contributed by atoms with Crippen molar-refractivity contribution in [1.82, 2.24) is 5.32 Å². The highest BCUT2D eigenvalue weighted by Crippen LogP contribution is 2.44. The lowest BCUT2D eigenvalue weighted by atomic mass is 9.85. The van der Waals surface area contributed by atoms with Gasteiger partial charge in [0.2, 0.25) is 5.91 Å². The lowest BCUT2D eigenvalue weighted by Gasteiger charge is -2.38. The zero-order valence-corrected chi connectivity index (χ0v) is 18.5. The van der Waals surface area contributed by atoms with Gasteiger partial charge in [0.25, 0.3) is 5.91 Å². The van der Waals surface area contributed by atoms with Gasteiger partial charge in [-0.15, -0.1) is 0 Å². The number of carbonyl (C=O) groups excluding carboxylic acids is 3. The summed E-state index contributed by atoms with van der Waals surface area (Å²) in [5.74, 6) is -0.804. The molecule has 168 valence electrons. The number of anilines is 2. The van der Waals surface area contributed by atoms with Gasteiger partial charge < -0.3 is 19.7 Å². The quantitative estimate of drug-likeness (QED) is 0.673. The van der Waals surface area contributed by atoms with Gasteiger partial charge in [0.05, 0.1) is 24.3 Å². The smallest absolute Gasteiger partial charge is 0.329 e. The van der Waals surface area contributed by atoms with Crippen LogP contribution in [0.25, 0.3) is 0 Å². The average Bonchev–Trinajstić information content (AvgIpc) is 2.98. The standard InChI is InChI=1S/C24H27N3O5/c1-4-31-21(32-5-2)15-26-19-9-7-6-8-18(19)24(22(26)29)14-20(28)27(23(30)25-24)17-12-10-16(3)11-13-17/h6-13,21H,4-5,14-15H2,1-3H3,(H,25,30)/t24-/m1/s1. The fourth-order valence-corrected chi connectivity index (χ4v) is 4.33. The summed E-state index contributed by atoms with van der Waals surface area (Å²) < 4.78 is 11.3. The van der Waals surface area contributed by atoms with Gasteiger partial charge in [0.15, 0.2) is 11.8 Å². The first-order chi connectivity index (χ1) is 15.4. The number of urea groups is 1. The van der Waals surface area contributed by atoms with Crippen LogP contribution in [0.3, 0.4) is 0 Å².